The molecule has 1 saturated heterocycles. The molecule has 12 heteroatoms. The number of likely N-dealkylation sites (tertiary alicyclic amines) is 1. The van der Waals surface area contributed by atoms with E-state index in [1.807, 2.05) is 53.1 Å². The number of ether oxygens (including phenoxy) is 1. The van der Waals surface area contributed by atoms with Crippen molar-refractivity contribution in [2.24, 2.45) is 5.92 Å². The van der Waals surface area contributed by atoms with Crippen molar-refractivity contribution < 1.29 is 14.3 Å². The molecule has 0 saturated carbocycles. The molecule has 2 aromatic carbocycles. The fourth-order valence-corrected chi connectivity index (χ4v) is 6.55. The first kappa shape index (κ1) is 27.6. The molecule has 1 aliphatic rings. The Labute approximate surface area is 244 Å². The monoisotopic (exact) mass is 601 g/mol. The Kier molecular flexibility index (Phi) is 8.86. The molecule has 3 heterocycles. The second-order valence-corrected chi connectivity index (χ2v) is 11.6. The van der Waals surface area contributed by atoms with Crippen LogP contribution < -0.4 is 0 Å². The first-order valence-corrected chi connectivity index (χ1v) is 15.1. The molecular formula is C27H25Cl2N5O3S2. The van der Waals surface area contributed by atoms with Gasteiger partial charge in [0.2, 0.25) is 0 Å². The molecule has 0 spiro atoms. The number of piperidine rings is 1. The van der Waals surface area contributed by atoms with Crippen molar-refractivity contribution >= 4 is 58.2 Å². The number of carbonyl (C=O) groups is 2. The number of benzene rings is 2. The zero-order valence-electron chi connectivity index (χ0n) is 21.0. The van der Waals surface area contributed by atoms with E-state index >= 15 is 0 Å². The molecule has 2 aromatic heterocycles. The second kappa shape index (κ2) is 12.5. The summed E-state index contributed by atoms with van der Waals surface area (Å²) >= 11 is 15.7. The average molecular weight is 603 g/mol. The van der Waals surface area contributed by atoms with Gasteiger partial charge in [0.25, 0.3) is 5.91 Å². The number of esters is 1. The Balaban J connectivity index is 1.34. The molecule has 1 fully saturated rings. The molecule has 0 aliphatic carbocycles. The number of hydrogen-bond donors (Lipinski definition) is 0. The van der Waals surface area contributed by atoms with Gasteiger partial charge in [-0.25, -0.2) is 4.98 Å². The summed E-state index contributed by atoms with van der Waals surface area (Å²) in [5.74, 6) is 0.387. The van der Waals surface area contributed by atoms with Crippen molar-refractivity contribution in [1.82, 2.24) is 24.6 Å². The van der Waals surface area contributed by atoms with Crippen molar-refractivity contribution in [2.75, 3.05) is 19.7 Å². The number of carbonyl (C=O) groups excluding carboxylic acids is 2. The third kappa shape index (κ3) is 6.30. The van der Waals surface area contributed by atoms with E-state index < -0.39 is 0 Å². The fraction of sp³-hybridized carbons (Fsp3) is 0.296. The van der Waals surface area contributed by atoms with E-state index in [-0.39, 0.29) is 17.8 Å². The lowest BCUT2D eigenvalue weighted by atomic mass is 9.98. The van der Waals surface area contributed by atoms with Gasteiger partial charge in [-0.2, -0.15) is 0 Å². The van der Waals surface area contributed by atoms with Crippen molar-refractivity contribution in [2.45, 2.75) is 30.7 Å². The maximum atomic E-state index is 13.1. The quantitative estimate of drug-likeness (QED) is 0.170. The maximum Gasteiger partial charge on any atom is 0.310 e. The summed E-state index contributed by atoms with van der Waals surface area (Å²) in [6.45, 7) is 3.08. The molecule has 1 atom stereocenters. The summed E-state index contributed by atoms with van der Waals surface area (Å²) in [4.78, 5) is 31.6. The number of hydrogen-bond acceptors (Lipinski definition) is 8. The van der Waals surface area contributed by atoms with Gasteiger partial charge in [-0.1, -0.05) is 53.2 Å². The highest BCUT2D eigenvalue weighted by Gasteiger charge is 2.30. The van der Waals surface area contributed by atoms with E-state index in [2.05, 4.69) is 15.2 Å². The molecule has 1 aliphatic heterocycles. The topological polar surface area (TPSA) is 90.2 Å². The predicted octanol–water partition coefficient (Wildman–Crippen LogP) is 6.41. The molecule has 0 N–H and O–H groups in total. The van der Waals surface area contributed by atoms with Crippen molar-refractivity contribution in [3.05, 3.63) is 74.7 Å². The van der Waals surface area contributed by atoms with Gasteiger partial charge < -0.3 is 9.64 Å². The maximum absolute atomic E-state index is 13.1. The third-order valence-corrected chi connectivity index (χ3v) is 8.78. The number of amides is 1. The Bertz CT molecular complexity index is 1490. The number of aromatic nitrogens is 4. The van der Waals surface area contributed by atoms with E-state index in [0.29, 0.717) is 52.2 Å². The van der Waals surface area contributed by atoms with Crippen LogP contribution in [0.15, 0.2) is 59.1 Å². The van der Waals surface area contributed by atoms with E-state index in [1.165, 1.54) is 23.1 Å². The molecule has 0 bridgehead atoms. The smallest absolute Gasteiger partial charge is 0.310 e. The van der Waals surface area contributed by atoms with Crippen LogP contribution in [0.1, 0.15) is 35.3 Å². The van der Waals surface area contributed by atoms with E-state index in [4.69, 9.17) is 27.9 Å². The minimum Gasteiger partial charge on any atom is -0.466 e. The third-order valence-electron chi connectivity index (χ3n) is 6.24. The predicted molar refractivity (Wildman–Crippen MR) is 154 cm³/mol. The van der Waals surface area contributed by atoms with E-state index in [1.54, 1.807) is 17.2 Å². The van der Waals surface area contributed by atoms with Gasteiger partial charge in [0, 0.05) is 29.1 Å². The Morgan fingerprint density at radius 2 is 2.00 bits per heavy atom. The molecule has 5 rings (SSSR count). The van der Waals surface area contributed by atoms with Crippen LogP contribution in [0.5, 0.6) is 0 Å². The van der Waals surface area contributed by atoms with Gasteiger partial charge in [-0.15, -0.1) is 21.5 Å². The number of thioether (sulfide) groups is 1. The Morgan fingerprint density at radius 3 is 2.79 bits per heavy atom. The van der Waals surface area contributed by atoms with Crippen LogP contribution in [0.25, 0.3) is 17.1 Å². The molecule has 1 unspecified atom stereocenters. The summed E-state index contributed by atoms with van der Waals surface area (Å²) in [6.07, 6.45) is 1.49. The summed E-state index contributed by atoms with van der Waals surface area (Å²) < 4.78 is 7.07. The lowest BCUT2D eigenvalue weighted by Crippen LogP contribution is -2.43. The van der Waals surface area contributed by atoms with Crippen LogP contribution in [-0.2, 0) is 15.3 Å². The van der Waals surface area contributed by atoms with Gasteiger partial charge in [-0.05, 0) is 50.1 Å². The molecular weight excluding hydrogens is 577 g/mol. The van der Waals surface area contributed by atoms with Crippen LogP contribution >= 0.6 is 46.3 Å². The standard InChI is InChI=1S/C27H25Cl2N5O3S2/c1-2-37-26(36)17-7-6-12-33(14-17)25(35)22-15-38-23(30-22)16-39-27-32-31-24(20-10-3-4-11-21(20)29)34(27)19-9-5-8-18(28)13-19/h3-5,8-11,13,15,17H,2,6-7,12,14,16H2,1H3. The Morgan fingerprint density at radius 1 is 1.15 bits per heavy atom. The van der Waals surface area contributed by atoms with Crippen LogP contribution in [0.2, 0.25) is 10.0 Å². The highest BCUT2D eigenvalue weighted by atomic mass is 35.5. The molecule has 8 nitrogen and oxygen atoms in total. The van der Waals surface area contributed by atoms with Crippen LogP contribution in [-0.4, -0.2) is 56.2 Å². The summed E-state index contributed by atoms with van der Waals surface area (Å²) in [5, 5.41) is 13.2. The van der Waals surface area contributed by atoms with E-state index in [0.717, 1.165) is 29.1 Å². The van der Waals surface area contributed by atoms with Gasteiger partial charge in [0.1, 0.15) is 10.7 Å². The summed E-state index contributed by atoms with van der Waals surface area (Å²) in [5.41, 5.74) is 1.94. The zero-order chi connectivity index (χ0) is 27.4. The largest absolute Gasteiger partial charge is 0.466 e. The molecule has 202 valence electrons. The van der Waals surface area contributed by atoms with Crippen molar-refractivity contribution in [1.29, 1.82) is 0 Å². The van der Waals surface area contributed by atoms with Crippen LogP contribution in [0, 0.1) is 5.92 Å². The highest BCUT2D eigenvalue weighted by molar-refractivity contribution is 7.98. The van der Waals surface area contributed by atoms with Gasteiger partial charge >= 0.3 is 5.97 Å². The fourth-order valence-electron chi connectivity index (χ4n) is 4.41. The highest BCUT2D eigenvalue weighted by Crippen LogP contribution is 2.34. The number of thiazole rings is 1. The summed E-state index contributed by atoms with van der Waals surface area (Å²) in [6, 6.07) is 14.9. The zero-order valence-corrected chi connectivity index (χ0v) is 24.2. The first-order chi connectivity index (χ1) is 18.9. The number of rotatable bonds is 8. The van der Waals surface area contributed by atoms with Gasteiger partial charge in [0.15, 0.2) is 11.0 Å². The second-order valence-electron chi connectivity index (χ2n) is 8.86. The molecule has 0 radical (unpaired) electrons. The van der Waals surface area contributed by atoms with Crippen LogP contribution in [0.4, 0.5) is 0 Å². The normalized spacial score (nSPS) is 15.4. The lowest BCUT2D eigenvalue weighted by Gasteiger charge is -2.31. The number of nitrogens with zero attached hydrogens (tertiary/aromatic N) is 5. The van der Waals surface area contributed by atoms with Crippen molar-refractivity contribution in [3.8, 4) is 17.1 Å². The van der Waals surface area contributed by atoms with Gasteiger partial charge in [-0.3, -0.25) is 14.2 Å². The van der Waals surface area contributed by atoms with Gasteiger partial charge in [0.05, 0.1) is 29.0 Å². The first-order valence-electron chi connectivity index (χ1n) is 12.4. The van der Waals surface area contributed by atoms with Crippen molar-refractivity contribution in [3.63, 3.8) is 0 Å². The molecule has 4 aromatic rings. The molecule has 39 heavy (non-hydrogen) atoms. The molecule has 1 amide bonds. The Hall–Kier alpha value is -2.92. The average Bonchev–Trinajstić information content (AvgIpc) is 3.59. The van der Waals surface area contributed by atoms with E-state index in [9.17, 15) is 9.59 Å². The SMILES string of the molecule is CCOC(=O)C1CCCN(C(=O)c2csc(CSc3nnc(-c4ccccc4Cl)n3-c3cccc(Cl)c3)n2)C1. The van der Waals surface area contributed by atoms with Crippen LogP contribution in [0.3, 0.4) is 0 Å². The summed E-state index contributed by atoms with van der Waals surface area (Å²) in [7, 11) is 0. The lowest BCUT2D eigenvalue weighted by molar-refractivity contribution is -0.149. The minimum atomic E-state index is -0.290. The minimum absolute atomic E-state index is 0.167. The number of halogens is 2.